The molecule has 25 heavy (non-hydrogen) atoms. The number of fused-ring (bicyclic) bond motifs is 1. The van der Waals surface area contributed by atoms with E-state index in [0.29, 0.717) is 6.42 Å². The van der Waals surface area contributed by atoms with Crippen molar-refractivity contribution in [3.8, 4) is 0 Å². The molecular formula is C20H23N3O2. The molecule has 5 heteroatoms. The monoisotopic (exact) mass is 337 g/mol. The molecule has 0 spiro atoms. The minimum Gasteiger partial charge on any atom is -0.461 e. The molecule has 0 fully saturated rings. The molecule has 2 heterocycles. The summed E-state index contributed by atoms with van der Waals surface area (Å²) in [5, 5.41) is 3.93. The lowest BCUT2D eigenvalue weighted by molar-refractivity contribution is 0.207. The Balaban J connectivity index is 1.66. The average molecular weight is 337 g/mol. The summed E-state index contributed by atoms with van der Waals surface area (Å²) < 4.78 is 5.56. The Morgan fingerprint density at radius 2 is 2.04 bits per heavy atom. The van der Waals surface area contributed by atoms with Crippen molar-refractivity contribution >= 4 is 22.7 Å². The fourth-order valence-corrected chi connectivity index (χ4v) is 2.82. The fourth-order valence-electron chi connectivity index (χ4n) is 2.82. The van der Waals surface area contributed by atoms with Gasteiger partial charge in [-0.25, -0.2) is 4.79 Å². The number of aryl methyl sites for hydroxylation is 2. The van der Waals surface area contributed by atoms with Gasteiger partial charge in [0.15, 0.2) is 0 Å². The lowest BCUT2D eigenvalue weighted by atomic mass is 10.1. The molecular weight excluding hydrogens is 314 g/mol. The summed E-state index contributed by atoms with van der Waals surface area (Å²) in [5.74, 6) is 0.856. The molecule has 1 aromatic carbocycles. The van der Waals surface area contributed by atoms with Crippen molar-refractivity contribution in [2.24, 2.45) is 0 Å². The average Bonchev–Trinajstić information content (AvgIpc) is 2.93. The predicted octanol–water partition coefficient (Wildman–Crippen LogP) is 4.54. The number of amides is 2. The second-order valence-corrected chi connectivity index (χ2v) is 6.53. The van der Waals surface area contributed by atoms with E-state index in [2.05, 4.69) is 16.4 Å². The van der Waals surface area contributed by atoms with Gasteiger partial charge < -0.3 is 14.6 Å². The summed E-state index contributed by atoms with van der Waals surface area (Å²) in [6, 6.07) is 11.5. The molecule has 0 aliphatic heterocycles. The fraction of sp³-hybridized carbons (Fsp3) is 0.300. The zero-order valence-electron chi connectivity index (χ0n) is 15.0. The summed E-state index contributed by atoms with van der Waals surface area (Å²) in [4.78, 5) is 18.6. The number of likely N-dealkylation sites (N-methyl/N-ethyl adjacent to an activating group) is 1. The van der Waals surface area contributed by atoms with Gasteiger partial charge in [-0.2, -0.15) is 0 Å². The van der Waals surface area contributed by atoms with E-state index in [-0.39, 0.29) is 12.1 Å². The number of pyridine rings is 1. The van der Waals surface area contributed by atoms with Gasteiger partial charge in [-0.15, -0.1) is 0 Å². The van der Waals surface area contributed by atoms with Crippen LogP contribution in [0.3, 0.4) is 0 Å². The minimum atomic E-state index is -0.139. The number of furan rings is 1. The number of rotatable bonds is 4. The molecule has 0 radical (unpaired) electrons. The zero-order valence-corrected chi connectivity index (χ0v) is 15.0. The Morgan fingerprint density at radius 3 is 2.80 bits per heavy atom. The molecule has 0 aliphatic rings. The number of aromatic nitrogens is 1. The van der Waals surface area contributed by atoms with E-state index in [1.54, 1.807) is 18.1 Å². The first kappa shape index (κ1) is 17.0. The highest BCUT2D eigenvalue weighted by Crippen LogP contribution is 2.23. The molecule has 130 valence electrons. The number of carbonyl (C=O) groups is 1. The summed E-state index contributed by atoms with van der Waals surface area (Å²) in [6.07, 6.45) is 2.52. The van der Waals surface area contributed by atoms with E-state index in [1.807, 2.05) is 51.1 Å². The van der Waals surface area contributed by atoms with Crippen LogP contribution in [0.4, 0.5) is 10.5 Å². The molecule has 0 bridgehead atoms. The van der Waals surface area contributed by atoms with Gasteiger partial charge in [0.1, 0.15) is 11.3 Å². The maximum atomic E-state index is 12.5. The van der Waals surface area contributed by atoms with E-state index in [4.69, 9.17) is 4.42 Å². The molecule has 3 aromatic rings. The van der Waals surface area contributed by atoms with E-state index in [9.17, 15) is 4.79 Å². The van der Waals surface area contributed by atoms with E-state index in [0.717, 1.165) is 28.1 Å². The quantitative estimate of drug-likeness (QED) is 0.760. The van der Waals surface area contributed by atoms with Crippen LogP contribution in [0.1, 0.15) is 23.9 Å². The number of anilines is 1. The van der Waals surface area contributed by atoms with Crippen LogP contribution >= 0.6 is 0 Å². The summed E-state index contributed by atoms with van der Waals surface area (Å²) in [6.45, 7) is 5.97. The smallest absolute Gasteiger partial charge is 0.321 e. The summed E-state index contributed by atoms with van der Waals surface area (Å²) in [7, 11) is 1.80. The van der Waals surface area contributed by atoms with Crippen LogP contribution in [0, 0.1) is 13.8 Å². The topological polar surface area (TPSA) is 58.4 Å². The first-order valence-corrected chi connectivity index (χ1v) is 8.38. The van der Waals surface area contributed by atoms with Gasteiger partial charge in [0.2, 0.25) is 0 Å². The number of carbonyl (C=O) groups excluding carboxylic acids is 1. The third kappa shape index (κ3) is 3.99. The highest BCUT2D eigenvalue weighted by atomic mass is 16.3. The highest BCUT2D eigenvalue weighted by Gasteiger charge is 2.17. The van der Waals surface area contributed by atoms with Crippen molar-refractivity contribution in [1.82, 2.24) is 9.88 Å². The Kier molecular flexibility index (Phi) is 4.74. The molecule has 0 unspecified atom stereocenters. The number of nitrogens with one attached hydrogen (secondary N) is 1. The maximum absolute atomic E-state index is 12.5. The minimum absolute atomic E-state index is 0.0363. The number of benzene rings is 1. The maximum Gasteiger partial charge on any atom is 0.321 e. The summed E-state index contributed by atoms with van der Waals surface area (Å²) >= 11 is 0. The van der Waals surface area contributed by atoms with Crippen molar-refractivity contribution in [3.63, 3.8) is 0 Å². The second kappa shape index (κ2) is 6.97. The number of hydrogen-bond donors (Lipinski definition) is 1. The SMILES string of the molecule is Cc1ccnc(C[C@H](C)N(C)C(=O)Nc2ccc3oc(C)cc3c2)c1. The molecule has 1 N–H and O–H groups in total. The van der Waals surface area contributed by atoms with Crippen LogP contribution in [0.25, 0.3) is 11.0 Å². The molecule has 0 saturated carbocycles. The van der Waals surface area contributed by atoms with Crippen LogP contribution < -0.4 is 5.32 Å². The van der Waals surface area contributed by atoms with Gasteiger partial charge in [-0.1, -0.05) is 0 Å². The van der Waals surface area contributed by atoms with Crippen molar-refractivity contribution in [1.29, 1.82) is 0 Å². The zero-order chi connectivity index (χ0) is 18.0. The van der Waals surface area contributed by atoms with Gasteiger partial charge in [0.25, 0.3) is 0 Å². The first-order chi connectivity index (χ1) is 11.9. The normalized spacial score (nSPS) is 12.2. The Bertz CT molecular complexity index is 901. The number of nitrogens with zero attached hydrogens (tertiary/aromatic N) is 2. The standard InChI is InChI=1S/C20H23N3O2/c1-13-7-8-21-18(9-13)10-14(2)23(4)20(24)22-17-5-6-19-16(12-17)11-15(3)25-19/h5-9,11-12,14H,10H2,1-4H3,(H,22,24)/t14-/m0/s1. The molecule has 2 amide bonds. The lowest BCUT2D eigenvalue weighted by Gasteiger charge is -2.25. The molecule has 2 aromatic heterocycles. The third-order valence-electron chi connectivity index (χ3n) is 4.35. The molecule has 0 aliphatic carbocycles. The van der Waals surface area contributed by atoms with Crippen LogP contribution in [0.2, 0.25) is 0 Å². The predicted molar refractivity (Wildman–Crippen MR) is 99.9 cm³/mol. The van der Waals surface area contributed by atoms with Crippen LogP contribution in [-0.4, -0.2) is 29.0 Å². The Hall–Kier alpha value is -2.82. The van der Waals surface area contributed by atoms with Gasteiger partial charge in [-0.05, 0) is 62.7 Å². The molecule has 3 rings (SSSR count). The first-order valence-electron chi connectivity index (χ1n) is 8.38. The molecule has 5 nitrogen and oxygen atoms in total. The van der Waals surface area contributed by atoms with Crippen molar-refractivity contribution in [3.05, 3.63) is 59.6 Å². The van der Waals surface area contributed by atoms with E-state index in [1.165, 1.54) is 5.56 Å². The number of urea groups is 1. The van der Waals surface area contributed by atoms with Crippen molar-refractivity contribution in [2.75, 3.05) is 12.4 Å². The van der Waals surface area contributed by atoms with E-state index < -0.39 is 0 Å². The van der Waals surface area contributed by atoms with Gasteiger partial charge in [0, 0.05) is 42.5 Å². The van der Waals surface area contributed by atoms with Gasteiger partial charge in [-0.3, -0.25) is 4.98 Å². The van der Waals surface area contributed by atoms with Crippen LogP contribution in [-0.2, 0) is 6.42 Å². The largest absolute Gasteiger partial charge is 0.461 e. The van der Waals surface area contributed by atoms with E-state index >= 15 is 0 Å². The number of hydrogen-bond acceptors (Lipinski definition) is 3. The van der Waals surface area contributed by atoms with Crippen LogP contribution in [0.5, 0.6) is 0 Å². The van der Waals surface area contributed by atoms with Gasteiger partial charge >= 0.3 is 6.03 Å². The van der Waals surface area contributed by atoms with Crippen LogP contribution in [0.15, 0.2) is 47.0 Å². The Labute approximate surface area is 147 Å². The van der Waals surface area contributed by atoms with Crippen molar-refractivity contribution < 1.29 is 9.21 Å². The molecule has 0 saturated heterocycles. The Morgan fingerprint density at radius 1 is 1.24 bits per heavy atom. The third-order valence-corrected chi connectivity index (χ3v) is 4.35. The molecule has 1 atom stereocenters. The van der Waals surface area contributed by atoms with Gasteiger partial charge in [0.05, 0.1) is 0 Å². The lowest BCUT2D eigenvalue weighted by Crippen LogP contribution is -2.39. The highest BCUT2D eigenvalue weighted by molar-refractivity contribution is 5.92. The second-order valence-electron chi connectivity index (χ2n) is 6.53. The van der Waals surface area contributed by atoms with Crippen molar-refractivity contribution in [2.45, 2.75) is 33.2 Å². The summed E-state index contributed by atoms with van der Waals surface area (Å²) in [5.41, 5.74) is 3.74.